The molecule has 1 aromatic heterocycles. The van der Waals surface area contributed by atoms with Crippen LogP contribution in [0.25, 0.3) is 0 Å². The van der Waals surface area contributed by atoms with Crippen molar-refractivity contribution in [2.24, 2.45) is 5.73 Å². The molecule has 5 heteroatoms. The molecule has 0 amide bonds. The van der Waals surface area contributed by atoms with Crippen molar-refractivity contribution in [2.45, 2.75) is 18.9 Å². The smallest absolute Gasteiger partial charge is 0.212 e. The third kappa shape index (κ3) is 4.20. The Labute approximate surface area is 132 Å². The Balaban J connectivity index is 1.99. The van der Waals surface area contributed by atoms with Crippen LogP contribution < -0.4 is 10.5 Å². The zero-order valence-corrected chi connectivity index (χ0v) is 13.5. The average Bonchev–Trinajstić information content (AvgIpc) is 2.43. The van der Waals surface area contributed by atoms with E-state index in [1.54, 1.807) is 13.3 Å². The molecular formula is C15H16BrClN2O. The van der Waals surface area contributed by atoms with E-state index in [1.165, 1.54) is 0 Å². The Morgan fingerprint density at radius 1 is 1.30 bits per heavy atom. The van der Waals surface area contributed by atoms with Crippen molar-refractivity contribution >= 4 is 27.5 Å². The molecule has 0 saturated carbocycles. The van der Waals surface area contributed by atoms with Crippen LogP contribution in [0, 0.1) is 0 Å². The number of methoxy groups -OCH3 is 1. The third-order valence-electron chi connectivity index (χ3n) is 3.00. The Morgan fingerprint density at radius 2 is 2.10 bits per heavy atom. The summed E-state index contributed by atoms with van der Waals surface area (Å²) in [4.78, 5) is 4.18. The van der Waals surface area contributed by atoms with Gasteiger partial charge in [-0.25, -0.2) is 4.98 Å². The Hall–Kier alpha value is -1.10. The topological polar surface area (TPSA) is 48.1 Å². The maximum Gasteiger partial charge on any atom is 0.212 e. The standard InChI is InChI=1S/C15H16BrClN2O/c1-20-15-5-2-10(9-19-15)6-13(18)7-11-3-4-12(16)8-14(11)17/h2-5,8-9,13H,6-7,18H2,1H3. The van der Waals surface area contributed by atoms with E-state index in [4.69, 9.17) is 22.1 Å². The van der Waals surface area contributed by atoms with Gasteiger partial charge in [-0.1, -0.05) is 39.7 Å². The lowest BCUT2D eigenvalue weighted by Gasteiger charge is -2.13. The molecule has 0 spiro atoms. The molecule has 0 bridgehead atoms. The van der Waals surface area contributed by atoms with Crippen LogP contribution in [0.3, 0.4) is 0 Å². The van der Waals surface area contributed by atoms with Crippen LogP contribution >= 0.6 is 27.5 Å². The molecule has 106 valence electrons. The molecule has 1 unspecified atom stereocenters. The molecule has 2 rings (SSSR count). The van der Waals surface area contributed by atoms with Crippen LogP contribution in [0.2, 0.25) is 5.02 Å². The highest BCUT2D eigenvalue weighted by Gasteiger charge is 2.09. The SMILES string of the molecule is COc1ccc(CC(N)Cc2ccc(Br)cc2Cl)cn1. The maximum atomic E-state index is 6.20. The predicted molar refractivity (Wildman–Crippen MR) is 85.3 cm³/mol. The fourth-order valence-corrected chi connectivity index (χ4v) is 2.75. The normalized spacial score (nSPS) is 12.2. The zero-order chi connectivity index (χ0) is 14.5. The van der Waals surface area contributed by atoms with Crippen LogP contribution in [0.1, 0.15) is 11.1 Å². The monoisotopic (exact) mass is 354 g/mol. The average molecular weight is 356 g/mol. The second-order valence-electron chi connectivity index (χ2n) is 4.61. The molecule has 20 heavy (non-hydrogen) atoms. The summed E-state index contributed by atoms with van der Waals surface area (Å²) in [5.41, 5.74) is 8.33. The Morgan fingerprint density at radius 3 is 2.70 bits per heavy atom. The van der Waals surface area contributed by atoms with E-state index in [9.17, 15) is 0 Å². The number of nitrogens with zero attached hydrogens (tertiary/aromatic N) is 1. The first-order chi connectivity index (χ1) is 9.58. The first-order valence-electron chi connectivity index (χ1n) is 6.27. The van der Waals surface area contributed by atoms with Gasteiger partial charge in [-0.3, -0.25) is 0 Å². The summed E-state index contributed by atoms with van der Waals surface area (Å²) >= 11 is 9.60. The van der Waals surface area contributed by atoms with Crippen molar-refractivity contribution < 1.29 is 4.74 Å². The summed E-state index contributed by atoms with van der Waals surface area (Å²) in [5, 5.41) is 0.739. The summed E-state index contributed by atoms with van der Waals surface area (Å²) in [7, 11) is 1.60. The quantitative estimate of drug-likeness (QED) is 0.891. The lowest BCUT2D eigenvalue weighted by Crippen LogP contribution is -2.25. The molecule has 1 atom stereocenters. The molecular weight excluding hydrogens is 340 g/mol. The van der Waals surface area contributed by atoms with Crippen molar-refractivity contribution in [1.29, 1.82) is 0 Å². The van der Waals surface area contributed by atoms with Gasteiger partial charge in [0.25, 0.3) is 0 Å². The molecule has 2 N–H and O–H groups in total. The molecule has 1 aromatic carbocycles. The molecule has 0 aliphatic carbocycles. The molecule has 0 radical (unpaired) electrons. The largest absolute Gasteiger partial charge is 0.481 e. The van der Waals surface area contributed by atoms with E-state index in [-0.39, 0.29) is 6.04 Å². The molecule has 1 heterocycles. The zero-order valence-electron chi connectivity index (χ0n) is 11.1. The number of halogens is 2. The highest BCUT2D eigenvalue weighted by Crippen LogP contribution is 2.22. The van der Waals surface area contributed by atoms with Gasteiger partial charge in [0.05, 0.1) is 7.11 Å². The van der Waals surface area contributed by atoms with Gasteiger partial charge in [0.1, 0.15) is 0 Å². The van der Waals surface area contributed by atoms with Crippen LogP contribution in [-0.2, 0) is 12.8 Å². The fourth-order valence-electron chi connectivity index (χ4n) is 2.00. The minimum Gasteiger partial charge on any atom is -0.481 e. The van der Waals surface area contributed by atoms with Gasteiger partial charge in [-0.05, 0) is 36.1 Å². The predicted octanol–water partition coefficient (Wildman–Crippen LogP) is 3.62. The minimum absolute atomic E-state index is 0.00358. The lowest BCUT2D eigenvalue weighted by molar-refractivity contribution is 0.397. The number of rotatable bonds is 5. The Kier molecular flexibility index (Phi) is 5.40. The van der Waals surface area contributed by atoms with E-state index >= 15 is 0 Å². The van der Waals surface area contributed by atoms with E-state index in [1.807, 2.05) is 30.3 Å². The van der Waals surface area contributed by atoms with Crippen LogP contribution in [0.4, 0.5) is 0 Å². The molecule has 0 aliphatic rings. The Bertz CT molecular complexity index is 575. The van der Waals surface area contributed by atoms with Crippen molar-refractivity contribution in [3.05, 3.63) is 57.2 Å². The van der Waals surface area contributed by atoms with Crippen molar-refractivity contribution in [3.63, 3.8) is 0 Å². The van der Waals surface area contributed by atoms with E-state index < -0.39 is 0 Å². The van der Waals surface area contributed by atoms with Gasteiger partial charge in [0.15, 0.2) is 0 Å². The highest BCUT2D eigenvalue weighted by atomic mass is 79.9. The van der Waals surface area contributed by atoms with Gasteiger partial charge >= 0.3 is 0 Å². The second-order valence-corrected chi connectivity index (χ2v) is 5.94. The van der Waals surface area contributed by atoms with Gasteiger partial charge in [-0.15, -0.1) is 0 Å². The summed E-state index contributed by atoms with van der Waals surface area (Å²) < 4.78 is 6.00. The van der Waals surface area contributed by atoms with E-state index in [0.717, 1.165) is 33.5 Å². The number of hydrogen-bond acceptors (Lipinski definition) is 3. The molecule has 0 saturated heterocycles. The summed E-state index contributed by atoms with van der Waals surface area (Å²) in [6.45, 7) is 0. The number of pyridine rings is 1. The molecule has 3 nitrogen and oxygen atoms in total. The molecule has 2 aromatic rings. The maximum absolute atomic E-state index is 6.20. The number of benzene rings is 1. The minimum atomic E-state index is 0.00358. The third-order valence-corrected chi connectivity index (χ3v) is 3.85. The lowest BCUT2D eigenvalue weighted by atomic mass is 10.0. The summed E-state index contributed by atoms with van der Waals surface area (Å²) in [6.07, 6.45) is 3.28. The van der Waals surface area contributed by atoms with Crippen LogP contribution in [0.15, 0.2) is 41.0 Å². The highest BCUT2D eigenvalue weighted by molar-refractivity contribution is 9.10. The summed E-state index contributed by atoms with van der Waals surface area (Å²) in [6, 6.07) is 9.69. The first kappa shape index (κ1) is 15.3. The van der Waals surface area contributed by atoms with Crippen molar-refractivity contribution in [2.75, 3.05) is 7.11 Å². The number of hydrogen-bond donors (Lipinski definition) is 1. The molecule has 0 aliphatic heterocycles. The van der Waals surface area contributed by atoms with Gasteiger partial charge in [-0.2, -0.15) is 0 Å². The van der Waals surface area contributed by atoms with Crippen LogP contribution in [-0.4, -0.2) is 18.1 Å². The van der Waals surface area contributed by atoms with E-state index in [2.05, 4.69) is 20.9 Å². The van der Waals surface area contributed by atoms with E-state index in [0.29, 0.717) is 5.88 Å². The van der Waals surface area contributed by atoms with Gasteiger partial charge in [0.2, 0.25) is 5.88 Å². The first-order valence-corrected chi connectivity index (χ1v) is 7.44. The summed E-state index contributed by atoms with van der Waals surface area (Å²) in [5.74, 6) is 0.610. The van der Waals surface area contributed by atoms with Crippen molar-refractivity contribution in [1.82, 2.24) is 4.98 Å². The van der Waals surface area contributed by atoms with Gasteiger partial charge in [0, 0.05) is 27.8 Å². The number of nitrogens with two attached hydrogens (primary N) is 1. The van der Waals surface area contributed by atoms with Gasteiger partial charge < -0.3 is 10.5 Å². The molecule has 0 fully saturated rings. The second kappa shape index (κ2) is 7.07. The van der Waals surface area contributed by atoms with Crippen LogP contribution in [0.5, 0.6) is 5.88 Å². The number of aromatic nitrogens is 1. The number of ether oxygens (including phenoxy) is 1. The fraction of sp³-hybridized carbons (Fsp3) is 0.267. The van der Waals surface area contributed by atoms with Crippen molar-refractivity contribution in [3.8, 4) is 5.88 Å².